The fourth-order valence-corrected chi connectivity index (χ4v) is 2.60. The summed E-state index contributed by atoms with van der Waals surface area (Å²) in [5.74, 6) is -2.33. The van der Waals surface area contributed by atoms with Gasteiger partial charge in [-0.2, -0.15) is 0 Å². The second kappa shape index (κ2) is 9.54. The van der Waals surface area contributed by atoms with E-state index in [1.165, 1.54) is 19.1 Å². The highest BCUT2D eigenvalue weighted by Gasteiger charge is 2.23. The van der Waals surface area contributed by atoms with Crippen LogP contribution in [0.4, 0.5) is 10.5 Å². The van der Waals surface area contributed by atoms with Crippen molar-refractivity contribution < 1.29 is 24.2 Å². The Bertz CT molecular complexity index is 1080. The van der Waals surface area contributed by atoms with Gasteiger partial charge in [0.1, 0.15) is 11.4 Å². The zero-order valence-corrected chi connectivity index (χ0v) is 17.5. The van der Waals surface area contributed by atoms with Gasteiger partial charge in [0.25, 0.3) is 5.91 Å². The Morgan fingerprint density at radius 1 is 1.06 bits per heavy atom. The van der Waals surface area contributed by atoms with Crippen LogP contribution in [0.3, 0.4) is 0 Å². The zero-order valence-electron chi connectivity index (χ0n) is 17.5. The maximum absolute atomic E-state index is 13.0. The Kier molecular flexibility index (Phi) is 7.11. The molecule has 0 aliphatic heterocycles. The first-order valence-corrected chi connectivity index (χ1v) is 9.21. The number of nitrogens with one attached hydrogen (secondary N) is 2. The molecule has 2 aromatic carbocycles. The van der Waals surface area contributed by atoms with Crippen molar-refractivity contribution in [2.45, 2.75) is 33.3 Å². The lowest BCUT2D eigenvalue weighted by Crippen LogP contribution is -2.44. The normalized spacial score (nSPS) is 11.3. The first-order chi connectivity index (χ1) is 14.5. The van der Waals surface area contributed by atoms with Crippen molar-refractivity contribution in [3.63, 3.8) is 0 Å². The van der Waals surface area contributed by atoms with Crippen LogP contribution in [0.2, 0.25) is 0 Å². The molecule has 0 bridgehead atoms. The molecule has 0 fully saturated rings. The molecular weight excluding hydrogens is 400 g/mol. The van der Waals surface area contributed by atoms with E-state index in [1.54, 1.807) is 51.1 Å². The lowest BCUT2D eigenvalue weighted by molar-refractivity contribution is -0.117. The Morgan fingerprint density at radius 2 is 1.71 bits per heavy atom. The first-order valence-electron chi connectivity index (χ1n) is 9.21. The van der Waals surface area contributed by atoms with E-state index >= 15 is 0 Å². The SMILES string of the molecule is [C-]#[N+]c1ccc(O)c(C(=O)N/C(=N\C(=O)OC(C)(C)C)NC(C)=O)c1-c1ccccc1. The lowest BCUT2D eigenvalue weighted by atomic mass is 9.96. The van der Waals surface area contributed by atoms with E-state index in [2.05, 4.69) is 20.5 Å². The summed E-state index contributed by atoms with van der Waals surface area (Å²) >= 11 is 0. The number of phenolic OH excluding ortho intramolecular Hbond substituents is 1. The van der Waals surface area contributed by atoms with Gasteiger partial charge in [0.15, 0.2) is 5.69 Å². The number of phenols is 1. The maximum Gasteiger partial charge on any atom is 0.437 e. The van der Waals surface area contributed by atoms with Gasteiger partial charge in [-0.1, -0.05) is 36.4 Å². The first kappa shape index (κ1) is 23.1. The Balaban J connectivity index is 2.50. The predicted molar refractivity (Wildman–Crippen MR) is 115 cm³/mol. The summed E-state index contributed by atoms with van der Waals surface area (Å²) in [6.07, 6.45) is -1.03. The average molecular weight is 422 g/mol. The van der Waals surface area contributed by atoms with E-state index in [4.69, 9.17) is 11.3 Å². The molecule has 31 heavy (non-hydrogen) atoms. The number of benzene rings is 2. The van der Waals surface area contributed by atoms with Gasteiger partial charge in [-0.15, -0.1) is 4.99 Å². The summed E-state index contributed by atoms with van der Waals surface area (Å²) in [7, 11) is 0. The second-order valence-electron chi connectivity index (χ2n) is 7.41. The van der Waals surface area contributed by atoms with E-state index in [9.17, 15) is 19.5 Å². The van der Waals surface area contributed by atoms with Crippen molar-refractivity contribution >= 4 is 29.6 Å². The smallest absolute Gasteiger partial charge is 0.437 e. The minimum absolute atomic E-state index is 0.138. The Hall–Kier alpha value is -4.19. The quantitative estimate of drug-likeness (QED) is 0.386. The predicted octanol–water partition coefficient (Wildman–Crippen LogP) is 3.77. The molecular formula is C22H22N4O5. The van der Waals surface area contributed by atoms with Crippen LogP contribution >= 0.6 is 0 Å². The van der Waals surface area contributed by atoms with Gasteiger partial charge >= 0.3 is 6.09 Å². The number of carbonyl (C=O) groups is 3. The summed E-state index contributed by atoms with van der Waals surface area (Å²) in [6.45, 7) is 13.5. The summed E-state index contributed by atoms with van der Waals surface area (Å²) in [6, 6.07) is 11.2. The number of nitrogens with zero attached hydrogens (tertiary/aromatic N) is 2. The molecule has 9 nitrogen and oxygen atoms in total. The molecule has 0 radical (unpaired) electrons. The number of carbonyl (C=O) groups excluding carboxylic acids is 3. The number of hydrogen-bond acceptors (Lipinski definition) is 5. The molecule has 0 aromatic heterocycles. The average Bonchev–Trinajstić information content (AvgIpc) is 2.66. The van der Waals surface area contributed by atoms with Crippen molar-refractivity contribution in [1.82, 2.24) is 10.6 Å². The number of ether oxygens (including phenoxy) is 1. The molecule has 0 saturated heterocycles. The fraction of sp³-hybridized carbons (Fsp3) is 0.227. The molecule has 0 spiro atoms. The summed E-state index contributed by atoms with van der Waals surface area (Å²) in [5.41, 5.74) is -0.178. The molecule has 0 aliphatic carbocycles. The number of aromatic hydroxyl groups is 1. The van der Waals surface area contributed by atoms with Crippen LogP contribution in [0.1, 0.15) is 38.1 Å². The van der Waals surface area contributed by atoms with Crippen LogP contribution in [-0.2, 0) is 9.53 Å². The van der Waals surface area contributed by atoms with Gasteiger partial charge < -0.3 is 9.84 Å². The van der Waals surface area contributed by atoms with Crippen LogP contribution < -0.4 is 10.6 Å². The number of aliphatic imine (C=N–C) groups is 1. The highest BCUT2D eigenvalue weighted by atomic mass is 16.6. The summed E-state index contributed by atoms with van der Waals surface area (Å²) in [4.78, 5) is 43.6. The molecule has 0 aliphatic rings. The topological polar surface area (TPSA) is 121 Å². The van der Waals surface area contributed by atoms with Gasteiger partial charge in [-0.25, -0.2) is 9.64 Å². The maximum atomic E-state index is 13.0. The molecule has 0 atom stereocenters. The van der Waals surface area contributed by atoms with E-state index in [1.807, 2.05) is 0 Å². The fourth-order valence-electron chi connectivity index (χ4n) is 2.60. The van der Waals surface area contributed by atoms with Crippen molar-refractivity contribution in [2.75, 3.05) is 0 Å². The van der Waals surface area contributed by atoms with Crippen LogP contribution in [0, 0.1) is 6.57 Å². The minimum Gasteiger partial charge on any atom is -0.507 e. The highest BCUT2D eigenvalue weighted by molar-refractivity contribution is 6.15. The molecule has 160 valence electrons. The molecule has 3 amide bonds. The summed E-state index contributed by atoms with van der Waals surface area (Å²) in [5, 5.41) is 14.9. The molecule has 0 heterocycles. The number of guanidine groups is 1. The number of rotatable bonds is 2. The Labute approximate surface area is 179 Å². The molecule has 0 saturated carbocycles. The van der Waals surface area contributed by atoms with Crippen LogP contribution in [0.25, 0.3) is 16.0 Å². The third-order valence-electron chi connectivity index (χ3n) is 3.69. The van der Waals surface area contributed by atoms with Crippen LogP contribution in [-0.4, -0.2) is 34.6 Å². The van der Waals surface area contributed by atoms with Crippen LogP contribution in [0.15, 0.2) is 47.5 Å². The van der Waals surface area contributed by atoms with Gasteiger partial charge in [-0.05, 0) is 32.4 Å². The molecule has 0 unspecified atom stereocenters. The monoisotopic (exact) mass is 422 g/mol. The third kappa shape index (κ3) is 6.40. The van der Waals surface area contributed by atoms with Crippen molar-refractivity contribution in [2.24, 2.45) is 4.99 Å². The van der Waals surface area contributed by atoms with Gasteiger partial charge in [0, 0.05) is 12.5 Å². The zero-order chi connectivity index (χ0) is 23.2. The highest BCUT2D eigenvalue weighted by Crippen LogP contribution is 2.38. The Morgan fingerprint density at radius 3 is 2.26 bits per heavy atom. The number of hydrogen-bond donors (Lipinski definition) is 3. The van der Waals surface area contributed by atoms with Gasteiger partial charge in [0.2, 0.25) is 11.9 Å². The van der Waals surface area contributed by atoms with E-state index in [0.29, 0.717) is 5.56 Å². The largest absolute Gasteiger partial charge is 0.507 e. The third-order valence-corrected chi connectivity index (χ3v) is 3.69. The molecule has 9 heteroatoms. The van der Waals surface area contributed by atoms with Gasteiger partial charge in [-0.3, -0.25) is 20.2 Å². The number of amides is 3. The van der Waals surface area contributed by atoms with E-state index in [-0.39, 0.29) is 22.6 Å². The summed E-state index contributed by atoms with van der Waals surface area (Å²) < 4.78 is 5.07. The van der Waals surface area contributed by atoms with Crippen LogP contribution in [0.5, 0.6) is 5.75 Å². The second-order valence-corrected chi connectivity index (χ2v) is 7.41. The molecule has 2 aromatic rings. The van der Waals surface area contributed by atoms with E-state index < -0.39 is 29.5 Å². The van der Waals surface area contributed by atoms with Crippen molar-refractivity contribution in [3.05, 3.63) is 59.4 Å². The lowest BCUT2D eigenvalue weighted by Gasteiger charge is -2.18. The molecule has 3 N–H and O–H groups in total. The van der Waals surface area contributed by atoms with Gasteiger partial charge in [0.05, 0.1) is 12.1 Å². The van der Waals surface area contributed by atoms with E-state index in [0.717, 1.165) is 0 Å². The van der Waals surface area contributed by atoms with Crippen molar-refractivity contribution in [1.29, 1.82) is 0 Å². The van der Waals surface area contributed by atoms with Crippen molar-refractivity contribution in [3.8, 4) is 16.9 Å². The standard InChI is InChI=1S/C22H22N4O5/c1-13(27)24-20(26-21(30)31-22(2,3)4)25-19(29)18-16(28)12-11-15(23-5)17(18)14-9-7-6-8-10-14/h6-12,28H,1-4H3,(H2,24,25,26,27,29,30). The molecule has 2 rings (SSSR count). The minimum atomic E-state index is -1.03.